The van der Waals surface area contributed by atoms with Gasteiger partial charge in [-0.2, -0.15) is 0 Å². The van der Waals surface area contributed by atoms with Gasteiger partial charge in [0.05, 0.1) is 6.54 Å². The van der Waals surface area contributed by atoms with Crippen LogP contribution >= 0.6 is 0 Å². The second kappa shape index (κ2) is 7.59. The minimum atomic E-state index is 0.691. The molecular weight excluding hydrogens is 224 g/mol. The van der Waals surface area contributed by atoms with E-state index in [1.54, 1.807) is 0 Å². The molecule has 1 heterocycles. The number of nitrogens with zero attached hydrogens (tertiary/aromatic N) is 1. The van der Waals surface area contributed by atoms with Gasteiger partial charge in [-0.15, -0.1) is 0 Å². The highest BCUT2D eigenvalue weighted by Crippen LogP contribution is 2.16. The van der Waals surface area contributed by atoms with Crippen LogP contribution in [0.3, 0.4) is 0 Å². The van der Waals surface area contributed by atoms with Gasteiger partial charge in [0.15, 0.2) is 0 Å². The first-order valence-electron chi connectivity index (χ1n) is 7.00. The highest BCUT2D eigenvalue weighted by atomic mass is 16.3. The summed E-state index contributed by atoms with van der Waals surface area (Å²) in [6, 6.07) is 2.19. The topological polar surface area (TPSA) is 28.4 Å². The maximum atomic E-state index is 5.82. The van der Waals surface area contributed by atoms with E-state index in [1.165, 1.54) is 12.0 Å². The van der Waals surface area contributed by atoms with Gasteiger partial charge in [-0.1, -0.05) is 20.8 Å². The van der Waals surface area contributed by atoms with Crippen LogP contribution in [0, 0.1) is 12.8 Å². The zero-order valence-corrected chi connectivity index (χ0v) is 12.5. The van der Waals surface area contributed by atoms with E-state index in [1.807, 2.05) is 0 Å². The summed E-state index contributed by atoms with van der Waals surface area (Å²) in [7, 11) is 2.15. The van der Waals surface area contributed by atoms with E-state index in [9.17, 15) is 0 Å². The number of nitrogens with one attached hydrogen (secondary N) is 1. The minimum absolute atomic E-state index is 0.691. The summed E-state index contributed by atoms with van der Waals surface area (Å²) >= 11 is 0. The van der Waals surface area contributed by atoms with Gasteiger partial charge in [-0.3, -0.25) is 4.90 Å². The molecule has 0 fully saturated rings. The first kappa shape index (κ1) is 15.3. The van der Waals surface area contributed by atoms with Crippen LogP contribution in [0.2, 0.25) is 0 Å². The zero-order valence-electron chi connectivity index (χ0n) is 12.5. The molecular formula is C15H28N2O. The van der Waals surface area contributed by atoms with Crippen molar-refractivity contribution in [1.82, 2.24) is 10.2 Å². The van der Waals surface area contributed by atoms with Gasteiger partial charge in [-0.05, 0) is 38.9 Å². The lowest BCUT2D eigenvalue weighted by Crippen LogP contribution is -2.22. The van der Waals surface area contributed by atoms with Crippen LogP contribution in [0.25, 0.3) is 0 Å². The molecule has 3 heteroatoms. The van der Waals surface area contributed by atoms with Crippen LogP contribution in [0.15, 0.2) is 10.5 Å². The van der Waals surface area contributed by atoms with Crippen LogP contribution in [0.1, 0.15) is 44.3 Å². The Labute approximate surface area is 112 Å². The molecule has 1 rings (SSSR count). The lowest BCUT2D eigenvalue weighted by molar-refractivity contribution is 0.263. The second-order valence-electron chi connectivity index (χ2n) is 5.56. The molecule has 0 unspecified atom stereocenters. The van der Waals surface area contributed by atoms with E-state index in [4.69, 9.17) is 4.42 Å². The SMILES string of the molecule is CCCNCc1cc(CN(C)CC(C)C)oc1C. The molecule has 3 nitrogen and oxygen atoms in total. The van der Waals surface area contributed by atoms with Gasteiger partial charge in [-0.25, -0.2) is 0 Å². The van der Waals surface area contributed by atoms with E-state index >= 15 is 0 Å². The molecule has 0 spiro atoms. The Balaban J connectivity index is 2.49. The molecule has 18 heavy (non-hydrogen) atoms. The van der Waals surface area contributed by atoms with Crippen molar-refractivity contribution in [3.63, 3.8) is 0 Å². The van der Waals surface area contributed by atoms with Gasteiger partial charge in [0.1, 0.15) is 11.5 Å². The fraction of sp³-hybridized carbons (Fsp3) is 0.733. The van der Waals surface area contributed by atoms with E-state index < -0.39 is 0 Å². The summed E-state index contributed by atoms with van der Waals surface area (Å²) < 4.78 is 5.82. The Morgan fingerprint density at radius 2 is 2.11 bits per heavy atom. The number of hydrogen-bond acceptors (Lipinski definition) is 3. The lowest BCUT2D eigenvalue weighted by atomic mass is 10.2. The molecule has 0 aliphatic rings. The predicted octanol–water partition coefficient (Wildman–Crippen LogP) is 3.18. The predicted molar refractivity (Wildman–Crippen MR) is 76.6 cm³/mol. The fourth-order valence-electron chi connectivity index (χ4n) is 2.19. The van der Waals surface area contributed by atoms with Crippen LogP contribution in [0.4, 0.5) is 0 Å². The maximum absolute atomic E-state index is 5.82. The molecule has 0 aromatic carbocycles. The molecule has 0 amide bonds. The van der Waals surface area contributed by atoms with Gasteiger partial charge < -0.3 is 9.73 Å². The van der Waals surface area contributed by atoms with Crippen LogP contribution < -0.4 is 5.32 Å². The van der Waals surface area contributed by atoms with Crippen molar-refractivity contribution in [3.05, 3.63) is 23.2 Å². The first-order valence-corrected chi connectivity index (χ1v) is 7.00. The van der Waals surface area contributed by atoms with Gasteiger partial charge in [0.2, 0.25) is 0 Å². The average Bonchev–Trinajstić information content (AvgIpc) is 2.58. The first-order chi connectivity index (χ1) is 8.52. The summed E-state index contributed by atoms with van der Waals surface area (Å²) in [5.41, 5.74) is 1.29. The summed E-state index contributed by atoms with van der Waals surface area (Å²) in [5, 5.41) is 3.42. The van der Waals surface area contributed by atoms with E-state index in [2.05, 4.69) is 51.0 Å². The number of aryl methyl sites for hydroxylation is 1. The lowest BCUT2D eigenvalue weighted by Gasteiger charge is -2.17. The summed E-state index contributed by atoms with van der Waals surface area (Å²) in [4.78, 5) is 2.31. The van der Waals surface area contributed by atoms with Crippen molar-refractivity contribution >= 4 is 0 Å². The van der Waals surface area contributed by atoms with Crippen molar-refractivity contribution in [2.75, 3.05) is 20.1 Å². The van der Waals surface area contributed by atoms with Gasteiger partial charge >= 0.3 is 0 Å². The highest BCUT2D eigenvalue weighted by molar-refractivity contribution is 5.20. The maximum Gasteiger partial charge on any atom is 0.118 e. The third kappa shape index (κ3) is 5.23. The third-order valence-corrected chi connectivity index (χ3v) is 2.92. The number of furan rings is 1. The van der Waals surface area contributed by atoms with Crippen molar-refractivity contribution in [1.29, 1.82) is 0 Å². The minimum Gasteiger partial charge on any atom is -0.465 e. The van der Waals surface area contributed by atoms with Gasteiger partial charge in [0.25, 0.3) is 0 Å². The Hall–Kier alpha value is -0.800. The quantitative estimate of drug-likeness (QED) is 0.720. The van der Waals surface area contributed by atoms with E-state index in [0.717, 1.165) is 37.7 Å². The molecule has 0 aliphatic carbocycles. The van der Waals surface area contributed by atoms with E-state index in [0.29, 0.717) is 5.92 Å². The zero-order chi connectivity index (χ0) is 13.5. The molecule has 104 valence electrons. The monoisotopic (exact) mass is 252 g/mol. The van der Waals surface area contributed by atoms with Crippen molar-refractivity contribution in [2.45, 2.75) is 47.2 Å². The molecule has 0 saturated heterocycles. The fourth-order valence-corrected chi connectivity index (χ4v) is 2.19. The molecule has 0 saturated carbocycles. The average molecular weight is 252 g/mol. The molecule has 1 aromatic rings. The summed E-state index contributed by atoms with van der Waals surface area (Å²) in [5.74, 6) is 2.81. The smallest absolute Gasteiger partial charge is 0.118 e. The Bertz CT molecular complexity index is 344. The molecule has 0 aliphatic heterocycles. The second-order valence-corrected chi connectivity index (χ2v) is 5.56. The van der Waals surface area contributed by atoms with Gasteiger partial charge in [0, 0.05) is 18.7 Å². The Morgan fingerprint density at radius 1 is 1.39 bits per heavy atom. The number of rotatable bonds is 8. The van der Waals surface area contributed by atoms with Crippen molar-refractivity contribution in [2.24, 2.45) is 5.92 Å². The van der Waals surface area contributed by atoms with Crippen LogP contribution in [-0.2, 0) is 13.1 Å². The molecule has 0 atom stereocenters. The third-order valence-electron chi connectivity index (χ3n) is 2.92. The van der Waals surface area contributed by atoms with Crippen LogP contribution in [0.5, 0.6) is 0 Å². The highest BCUT2D eigenvalue weighted by Gasteiger charge is 2.10. The van der Waals surface area contributed by atoms with Crippen molar-refractivity contribution in [3.8, 4) is 0 Å². The standard InChI is InChI=1S/C15H28N2O/c1-6-7-16-9-14-8-15(18-13(14)4)11-17(5)10-12(2)3/h8,12,16H,6-7,9-11H2,1-5H3. The molecule has 1 N–H and O–H groups in total. The van der Waals surface area contributed by atoms with Crippen molar-refractivity contribution < 1.29 is 4.42 Å². The van der Waals surface area contributed by atoms with E-state index in [-0.39, 0.29) is 0 Å². The Morgan fingerprint density at radius 3 is 2.72 bits per heavy atom. The van der Waals surface area contributed by atoms with Crippen LogP contribution in [-0.4, -0.2) is 25.0 Å². The summed E-state index contributed by atoms with van der Waals surface area (Å²) in [6.45, 7) is 12.7. The largest absolute Gasteiger partial charge is 0.465 e. The normalized spacial score (nSPS) is 11.7. The Kier molecular flexibility index (Phi) is 6.44. The molecule has 1 aromatic heterocycles. The summed E-state index contributed by atoms with van der Waals surface area (Å²) in [6.07, 6.45) is 1.17. The number of hydrogen-bond donors (Lipinski definition) is 1. The molecule has 0 bridgehead atoms. The molecule has 0 radical (unpaired) electrons.